The Morgan fingerprint density at radius 3 is 2.53 bits per heavy atom. The number of esters is 1. The molecule has 2 N–H and O–H groups in total. The van der Waals surface area contributed by atoms with Gasteiger partial charge < -0.3 is 19.7 Å². The second-order valence-corrected chi connectivity index (χ2v) is 8.74. The molecule has 0 aromatic carbocycles. The van der Waals surface area contributed by atoms with Crippen LogP contribution in [-0.2, 0) is 14.3 Å². The van der Waals surface area contributed by atoms with Crippen LogP contribution in [0.25, 0.3) is 0 Å². The summed E-state index contributed by atoms with van der Waals surface area (Å²) in [5.41, 5.74) is 2.17. The molecule has 0 saturated heterocycles. The Morgan fingerprint density at radius 1 is 1.19 bits per heavy atom. The fourth-order valence-electron chi connectivity index (χ4n) is 3.74. The zero-order valence-electron chi connectivity index (χ0n) is 20.4. The average Bonchev–Trinajstić information content (AvgIpc) is 2.71. The fourth-order valence-corrected chi connectivity index (χ4v) is 3.74. The minimum absolute atomic E-state index is 0.0985. The van der Waals surface area contributed by atoms with Crippen LogP contribution >= 0.6 is 0 Å². The average molecular weight is 447 g/mol. The first-order valence-electron chi connectivity index (χ1n) is 11.6. The summed E-state index contributed by atoms with van der Waals surface area (Å²) in [6, 6.07) is 0. The van der Waals surface area contributed by atoms with Crippen LogP contribution < -0.4 is 0 Å². The second kappa shape index (κ2) is 15.8. The molecule has 32 heavy (non-hydrogen) atoms. The first kappa shape index (κ1) is 28.1. The van der Waals surface area contributed by atoms with Crippen LogP contribution in [0.1, 0.15) is 66.2 Å². The van der Waals surface area contributed by atoms with E-state index < -0.39 is 24.3 Å². The van der Waals surface area contributed by atoms with Crippen molar-refractivity contribution < 1.29 is 24.5 Å². The number of ether oxygens (including phenoxy) is 2. The highest BCUT2D eigenvalue weighted by atomic mass is 16.5. The van der Waals surface area contributed by atoms with Crippen LogP contribution in [0.15, 0.2) is 59.8 Å². The van der Waals surface area contributed by atoms with Gasteiger partial charge in [0.1, 0.15) is 6.10 Å². The van der Waals surface area contributed by atoms with Crippen molar-refractivity contribution in [2.75, 3.05) is 7.11 Å². The number of hydrogen-bond donors (Lipinski definition) is 2. The molecular weight excluding hydrogens is 404 g/mol. The fraction of sp³-hybridized carbons (Fsp3) is 0.593. The maximum absolute atomic E-state index is 12.4. The molecule has 0 aliphatic carbocycles. The van der Waals surface area contributed by atoms with Crippen molar-refractivity contribution >= 4 is 5.97 Å². The van der Waals surface area contributed by atoms with E-state index in [1.807, 2.05) is 51.2 Å². The Labute approximate surface area is 194 Å². The van der Waals surface area contributed by atoms with Crippen molar-refractivity contribution in [1.82, 2.24) is 0 Å². The number of carbonyl (C=O) groups excluding carboxylic acids is 1. The van der Waals surface area contributed by atoms with E-state index in [4.69, 9.17) is 9.47 Å². The summed E-state index contributed by atoms with van der Waals surface area (Å²) in [4.78, 5) is 12.4. The molecule has 1 rings (SSSR count). The van der Waals surface area contributed by atoms with Gasteiger partial charge in [-0.3, -0.25) is 4.79 Å². The summed E-state index contributed by atoms with van der Waals surface area (Å²) < 4.78 is 11.2. The lowest BCUT2D eigenvalue weighted by molar-refractivity contribution is -0.149. The molecule has 1 aliphatic heterocycles. The molecule has 0 bridgehead atoms. The third kappa shape index (κ3) is 12.2. The highest BCUT2D eigenvalue weighted by molar-refractivity contribution is 5.70. The first-order valence-corrected chi connectivity index (χ1v) is 11.6. The SMILES string of the molecule is C/C=C/C/C(C)=C\C1C/C=C/C=C/CC(C)/C=C(\C)C(OC)CC(O)CC(O)CC(=O)O1. The standard InChI is InChI=1S/C27H42O5/c1-6-7-12-21(3)16-25-14-11-9-8-10-13-20(2)15-22(4)26(31-5)18-23(28)17-24(29)19-27(30)32-25/h6-11,15-16,20,23-26,28-29H,12-14,17-19H2,1-5H3/b7-6+,10-8+,11-9+,21-16-,22-15+. The lowest BCUT2D eigenvalue weighted by Gasteiger charge is -2.23. The lowest BCUT2D eigenvalue weighted by Crippen LogP contribution is -2.27. The zero-order chi connectivity index (χ0) is 23.9. The molecule has 0 saturated carbocycles. The number of aliphatic hydroxyl groups excluding tert-OH is 2. The highest BCUT2D eigenvalue weighted by Gasteiger charge is 2.22. The van der Waals surface area contributed by atoms with Crippen LogP contribution in [0.5, 0.6) is 0 Å². The van der Waals surface area contributed by atoms with Crippen LogP contribution in [0, 0.1) is 5.92 Å². The summed E-state index contributed by atoms with van der Waals surface area (Å²) >= 11 is 0. The predicted molar refractivity (Wildman–Crippen MR) is 130 cm³/mol. The molecular formula is C27H42O5. The summed E-state index contributed by atoms with van der Waals surface area (Å²) in [7, 11) is 1.62. The van der Waals surface area contributed by atoms with Crippen molar-refractivity contribution in [2.45, 2.75) is 90.6 Å². The minimum Gasteiger partial charge on any atom is -0.458 e. The largest absolute Gasteiger partial charge is 0.458 e. The third-order valence-corrected chi connectivity index (χ3v) is 5.46. The van der Waals surface area contributed by atoms with E-state index in [2.05, 4.69) is 25.2 Å². The molecule has 0 aromatic rings. The Balaban J connectivity index is 3.02. The molecule has 1 aliphatic rings. The minimum atomic E-state index is -0.968. The highest BCUT2D eigenvalue weighted by Crippen LogP contribution is 2.20. The smallest absolute Gasteiger partial charge is 0.309 e. The molecule has 0 fully saturated rings. The van der Waals surface area contributed by atoms with E-state index >= 15 is 0 Å². The number of aliphatic hydroxyl groups is 2. The van der Waals surface area contributed by atoms with Gasteiger partial charge in [-0.25, -0.2) is 0 Å². The van der Waals surface area contributed by atoms with Crippen molar-refractivity contribution in [3.05, 3.63) is 59.8 Å². The van der Waals surface area contributed by atoms with Gasteiger partial charge >= 0.3 is 5.97 Å². The van der Waals surface area contributed by atoms with Crippen LogP contribution in [0.2, 0.25) is 0 Å². The lowest BCUT2D eigenvalue weighted by atomic mass is 9.96. The molecule has 5 nitrogen and oxygen atoms in total. The Bertz CT molecular complexity index is 701. The Morgan fingerprint density at radius 2 is 1.88 bits per heavy atom. The van der Waals surface area contributed by atoms with Crippen LogP contribution in [0.4, 0.5) is 0 Å². The Hall–Kier alpha value is -1.95. The topological polar surface area (TPSA) is 76.0 Å². The molecule has 5 atom stereocenters. The second-order valence-electron chi connectivity index (χ2n) is 8.74. The summed E-state index contributed by atoms with van der Waals surface area (Å²) in [6.07, 6.45) is 16.5. The van der Waals surface area contributed by atoms with E-state index in [-0.39, 0.29) is 18.9 Å². The monoisotopic (exact) mass is 446 g/mol. The van der Waals surface area contributed by atoms with E-state index in [1.165, 1.54) is 0 Å². The van der Waals surface area contributed by atoms with Crippen molar-refractivity contribution in [3.8, 4) is 0 Å². The van der Waals surface area contributed by atoms with Gasteiger partial charge in [0.05, 0.1) is 24.7 Å². The van der Waals surface area contributed by atoms with Crippen molar-refractivity contribution in [1.29, 1.82) is 0 Å². The molecule has 5 heteroatoms. The number of rotatable bonds is 4. The number of cyclic esters (lactones) is 1. The first-order chi connectivity index (χ1) is 15.2. The van der Waals surface area contributed by atoms with E-state index in [0.717, 1.165) is 24.0 Å². The van der Waals surface area contributed by atoms with Crippen LogP contribution in [0.3, 0.4) is 0 Å². The van der Waals surface area contributed by atoms with Gasteiger partial charge in [0.2, 0.25) is 0 Å². The number of methoxy groups -OCH3 is 1. The van der Waals surface area contributed by atoms with Gasteiger partial charge in [0.15, 0.2) is 0 Å². The molecule has 180 valence electrons. The van der Waals surface area contributed by atoms with E-state index in [9.17, 15) is 15.0 Å². The molecule has 1 heterocycles. The Kier molecular flexibility index (Phi) is 13.9. The molecule has 0 aromatic heterocycles. The quantitative estimate of drug-likeness (QED) is 0.458. The third-order valence-electron chi connectivity index (χ3n) is 5.46. The van der Waals surface area contributed by atoms with Gasteiger partial charge in [-0.05, 0) is 57.6 Å². The molecule has 0 spiro atoms. The van der Waals surface area contributed by atoms with Gasteiger partial charge in [0.25, 0.3) is 0 Å². The number of hydrogen-bond acceptors (Lipinski definition) is 5. The molecule has 0 amide bonds. The normalized spacial score (nSPS) is 33.6. The van der Waals surface area contributed by atoms with E-state index in [1.54, 1.807) is 7.11 Å². The maximum Gasteiger partial charge on any atom is 0.309 e. The van der Waals surface area contributed by atoms with Gasteiger partial charge in [-0.2, -0.15) is 0 Å². The maximum atomic E-state index is 12.4. The van der Waals surface area contributed by atoms with Gasteiger partial charge in [-0.1, -0.05) is 55.0 Å². The summed E-state index contributed by atoms with van der Waals surface area (Å²) in [5, 5.41) is 20.8. The van der Waals surface area contributed by atoms with Crippen molar-refractivity contribution in [2.24, 2.45) is 5.92 Å². The van der Waals surface area contributed by atoms with Crippen LogP contribution in [-0.4, -0.2) is 47.7 Å². The zero-order valence-corrected chi connectivity index (χ0v) is 20.4. The number of carbonyl (C=O) groups is 1. The van der Waals surface area contributed by atoms with Gasteiger partial charge in [-0.15, -0.1) is 0 Å². The van der Waals surface area contributed by atoms with E-state index in [0.29, 0.717) is 18.8 Å². The summed E-state index contributed by atoms with van der Waals surface area (Å²) in [6.45, 7) is 8.13. The molecule has 5 unspecified atom stereocenters. The predicted octanol–water partition coefficient (Wildman–Crippen LogP) is 5.21. The number of allylic oxidation sites excluding steroid dienone is 7. The van der Waals surface area contributed by atoms with Crippen molar-refractivity contribution in [3.63, 3.8) is 0 Å². The summed E-state index contributed by atoms with van der Waals surface area (Å²) in [5.74, 6) is -0.132. The molecule has 0 radical (unpaired) electrons. The van der Waals surface area contributed by atoms with Gasteiger partial charge in [0, 0.05) is 20.0 Å².